The molecule has 0 bridgehead atoms. The Morgan fingerprint density at radius 3 is 3.00 bits per heavy atom. The van der Waals surface area contributed by atoms with Crippen molar-refractivity contribution in [3.05, 3.63) is 11.7 Å². The smallest absolute Gasteiger partial charge is 0.227 e. The molecule has 0 aliphatic heterocycles. The quantitative estimate of drug-likeness (QED) is 0.783. The number of methoxy groups -OCH3 is 1. The normalized spacial score (nSPS) is 24.3. The van der Waals surface area contributed by atoms with Crippen molar-refractivity contribution in [2.75, 3.05) is 13.7 Å². The molecule has 2 atom stereocenters. The number of rotatable bonds is 6. The van der Waals surface area contributed by atoms with Gasteiger partial charge in [-0.1, -0.05) is 18.0 Å². The van der Waals surface area contributed by atoms with Crippen molar-refractivity contribution in [3.63, 3.8) is 0 Å². The summed E-state index contributed by atoms with van der Waals surface area (Å²) in [7, 11) is 1.69. The van der Waals surface area contributed by atoms with Gasteiger partial charge in [0.05, 0.1) is 6.10 Å². The van der Waals surface area contributed by atoms with E-state index in [2.05, 4.69) is 10.1 Å². The van der Waals surface area contributed by atoms with Crippen LogP contribution in [0.3, 0.4) is 0 Å². The van der Waals surface area contributed by atoms with Gasteiger partial charge in [-0.3, -0.25) is 0 Å². The van der Waals surface area contributed by atoms with Crippen LogP contribution in [0.1, 0.15) is 43.8 Å². The van der Waals surface area contributed by atoms with Gasteiger partial charge in [0, 0.05) is 26.6 Å². The first-order chi connectivity index (χ1) is 8.79. The minimum absolute atomic E-state index is 0.206. The van der Waals surface area contributed by atoms with Crippen LogP contribution >= 0.6 is 0 Å². The zero-order valence-corrected chi connectivity index (χ0v) is 11.0. The highest BCUT2D eigenvalue weighted by atomic mass is 16.5. The molecule has 2 unspecified atom stereocenters. The van der Waals surface area contributed by atoms with Gasteiger partial charge in [-0.2, -0.15) is 4.98 Å². The zero-order chi connectivity index (χ0) is 12.8. The first-order valence-corrected chi connectivity index (χ1v) is 6.78. The molecule has 1 aliphatic carbocycles. The molecule has 1 heterocycles. The molecular weight excluding hydrogens is 232 g/mol. The molecular formula is C13H22N2O3. The van der Waals surface area contributed by atoms with E-state index in [9.17, 15) is 5.11 Å². The minimum atomic E-state index is -0.206. The van der Waals surface area contributed by atoms with Gasteiger partial charge in [0.15, 0.2) is 5.82 Å². The third-order valence-electron chi connectivity index (χ3n) is 3.56. The van der Waals surface area contributed by atoms with Crippen molar-refractivity contribution >= 4 is 0 Å². The van der Waals surface area contributed by atoms with Gasteiger partial charge in [-0.25, -0.2) is 0 Å². The van der Waals surface area contributed by atoms with Gasteiger partial charge in [0.25, 0.3) is 0 Å². The maximum atomic E-state index is 9.90. The second kappa shape index (κ2) is 6.85. The van der Waals surface area contributed by atoms with Crippen LogP contribution in [0.5, 0.6) is 0 Å². The Hall–Kier alpha value is -0.940. The third-order valence-corrected chi connectivity index (χ3v) is 3.56. The van der Waals surface area contributed by atoms with Crippen LogP contribution in [-0.2, 0) is 17.6 Å². The Labute approximate surface area is 108 Å². The van der Waals surface area contributed by atoms with Crippen LogP contribution in [0.4, 0.5) is 0 Å². The molecule has 0 amide bonds. The van der Waals surface area contributed by atoms with Crippen LogP contribution in [0, 0.1) is 5.92 Å². The summed E-state index contributed by atoms with van der Waals surface area (Å²) < 4.78 is 10.2. The minimum Gasteiger partial charge on any atom is -0.393 e. The van der Waals surface area contributed by atoms with Crippen LogP contribution in [0.2, 0.25) is 0 Å². The number of ether oxygens (including phenoxy) is 1. The second-order valence-corrected chi connectivity index (χ2v) is 5.02. The van der Waals surface area contributed by atoms with E-state index in [0.29, 0.717) is 18.9 Å². The van der Waals surface area contributed by atoms with Gasteiger partial charge in [0.2, 0.25) is 5.89 Å². The lowest BCUT2D eigenvalue weighted by Crippen LogP contribution is -2.26. The monoisotopic (exact) mass is 254 g/mol. The summed E-state index contributed by atoms with van der Waals surface area (Å²) in [6, 6.07) is 0. The molecule has 1 saturated carbocycles. The van der Waals surface area contributed by atoms with Gasteiger partial charge in [0.1, 0.15) is 0 Å². The molecule has 18 heavy (non-hydrogen) atoms. The Bertz CT molecular complexity index is 354. The highest BCUT2D eigenvalue weighted by Crippen LogP contribution is 2.26. The van der Waals surface area contributed by atoms with Crippen LogP contribution in [0.15, 0.2) is 4.52 Å². The largest absolute Gasteiger partial charge is 0.393 e. The van der Waals surface area contributed by atoms with E-state index in [1.54, 1.807) is 7.11 Å². The summed E-state index contributed by atoms with van der Waals surface area (Å²) in [5, 5.41) is 13.9. The van der Waals surface area contributed by atoms with Crippen molar-refractivity contribution < 1.29 is 14.4 Å². The standard InChI is InChI=1S/C13H22N2O3/c1-17-8-4-7-12-14-13(18-15-12)9-10-5-2-3-6-11(10)16/h10-11,16H,2-9H2,1H3. The van der Waals surface area contributed by atoms with E-state index in [1.165, 1.54) is 6.42 Å². The molecule has 0 radical (unpaired) electrons. The molecule has 2 rings (SSSR count). The highest BCUT2D eigenvalue weighted by molar-refractivity contribution is 4.90. The van der Waals surface area contributed by atoms with Crippen molar-refractivity contribution in [3.8, 4) is 0 Å². The van der Waals surface area contributed by atoms with Gasteiger partial charge >= 0.3 is 0 Å². The van der Waals surface area contributed by atoms with Crippen molar-refractivity contribution in [2.45, 2.75) is 51.0 Å². The SMILES string of the molecule is COCCCc1noc(CC2CCCCC2O)n1. The number of aromatic nitrogens is 2. The fourth-order valence-corrected chi connectivity index (χ4v) is 2.50. The Balaban J connectivity index is 1.82. The molecule has 1 aliphatic rings. The average Bonchev–Trinajstić information content (AvgIpc) is 2.80. The van der Waals surface area contributed by atoms with Gasteiger partial charge in [-0.05, 0) is 25.2 Å². The number of nitrogens with zero attached hydrogens (tertiary/aromatic N) is 2. The number of hydrogen-bond donors (Lipinski definition) is 1. The molecule has 1 fully saturated rings. The molecule has 0 spiro atoms. The van der Waals surface area contributed by atoms with Crippen LogP contribution in [-0.4, -0.2) is 35.1 Å². The lowest BCUT2D eigenvalue weighted by Gasteiger charge is -2.26. The summed E-state index contributed by atoms with van der Waals surface area (Å²) in [6.45, 7) is 0.714. The van der Waals surface area contributed by atoms with E-state index in [-0.39, 0.29) is 12.0 Å². The number of aliphatic hydroxyl groups excluding tert-OH is 1. The lowest BCUT2D eigenvalue weighted by atomic mass is 9.84. The highest BCUT2D eigenvalue weighted by Gasteiger charge is 2.25. The van der Waals surface area contributed by atoms with E-state index < -0.39 is 0 Å². The summed E-state index contributed by atoms with van der Waals surface area (Å²) in [5.41, 5.74) is 0. The van der Waals surface area contributed by atoms with E-state index in [1.807, 2.05) is 0 Å². The van der Waals surface area contributed by atoms with Crippen molar-refractivity contribution in [1.82, 2.24) is 10.1 Å². The second-order valence-electron chi connectivity index (χ2n) is 5.02. The fraction of sp³-hybridized carbons (Fsp3) is 0.846. The summed E-state index contributed by atoms with van der Waals surface area (Å²) in [4.78, 5) is 4.37. The Morgan fingerprint density at radius 2 is 2.22 bits per heavy atom. The maximum Gasteiger partial charge on any atom is 0.227 e. The summed E-state index contributed by atoms with van der Waals surface area (Å²) >= 11 is 0. The van der Waals surface area contributed by atoms with Crippen molar-refractivity contribution in [2.24, 2.45) is 5.92 Å². The fourth-order valence-electron chi connectivity index (χ4n) is 2.50. The number of aryl methyl sites for hydroxylation is 1. The molecule has 1 aromatic heterocycles. The first kappa shape index (κ1) is 13.5. The maximum absolute atomic E-state index is 9.90. The Morgan fingerprint density at radius 1 is 1.39 bits per heavy atom. The third kappa shape index (κ3) is 3.78. The molecule has 5 heteroatoms. The first-order valence-electron chi connectivity index (χ1n) is 6.78. The van der Waals surface area contributed by atoms with Gasteiger partial charge < -0.3 is 14.4 Å². The molecule has 0 saturated heterocycles. The van der Waals surface area contributed by atoms with Crippen LogP contribution in [0.25, 0.3) is 0 Å². The van der Waals surface area contributed by atoms with E-state index in [0.717, 1.165) is 37.9 Å². The topological polar surface area (TPSA) is 68.4 Å². The molecule has 1 N–H and O–H groups in total. The molecule has 0 aromatic carbocycles. The van der Waals surface area contributed by atoms with E-state index in [4.69, 9.17) is 9.26 Å². The summed E-state index contributed by atoms with van der Waals surface area (Å²) in [5.74, 6) is 1.69. The number of hydrogen-bond acceptors (Lipinski definition) is 5. The molecule has 1 aromatic rings. The zero-order valence-electron chi connectivity index (χ0n) is 11.0. The number of aliphatic hydroxyl groups is 1. The van der Waals surface area contributed by atoms with Crippen LogP contribution < -0.4 is 0 Å². The molecule has 102 valence electrons. The van der Waals surface area contributed by atoms with E-state index >= 15 is 0 Å². The molecule has 5 nitrogen and oxygen atoms in total. The summed E-state index contributed by atoms with van der Waals surface area (Å²) in [6.07, 6.45) is 6.47. The predicted molar refractivity (Wildman–Crippen MR) is 66.2 cm³/mol. The lowest BCUT2D eigenvalue weighted by molar-refractivity contribution is 0.0657. The average molecular weight is 254 g/mol. The van der Waals surface area contributed by atoms with Crippen molar-refractivity contribution in [1.29, 1.82) is 0 Å². The Kier molecular flexibility index (Phi) is 5.13. The van der Waals surface area contributed by atoms with Gasteiger partial charge in [-0.15, -0.1) is 0 Å². The predicted octanol–water partition coefficient (Wildman–Crippen LogP) is 1.74.